The van der Waals surface area contributed by atoms with Crippen LogP contribution in [0.5, 0.6) is 0 Å². The molecule has 5 aliphatic rings. The van der Waals surface area contributed by atoms with Gasteiger partial charge in [-0.15, -0.1) is 0 Å². The number of hydrogen-bond acceptors (Lipinski definition) is 2. The summed E-state index contributed by atoms with van der Waals surface area (Å²) in [5, 5.41) is 0. The maximum Gasteiger partial charge on any atom is 0.0876 e. The monoisotopic (exact) mass is 220 g/mol. The SMILES string of the molecule is CC1CCC2C3CC(C4OC34)C2C12CCO2. The van der Waals surface area contributed by atoms with Crippen molar-refractivity contribution >= 4 is 0 Å². The molecule has 0 aromatic rings. The van der Waals surface area contributed by atoms with E-state index in [1.165, 1.54) is 25.7 Å². The van der Waals surface area contributed by atoms with Gasteiger partial charge in [0, 0.05) is 6.42 Å². The zero-order valence-corrected chi connectivity index (χ0v) is 9.89. The predicted octanol–water partition coefficient (Wildman–Crippen LogP) is 2.22. The van der Waals surface area contributed by atoms with Crippen molar-refractivity contribution < 1.29 is 9.47 Å². The van der Waals surface area contributed by atoms with E-state index in [-0.39, 0.29) is 0 Å². The molecule has 5 fully saturated rings. The topological polar surface area (TPSA) is 21.8 Å². The highest BCUT2D eigenvalue weighted by Gasteiger charge is 2.73. The molecule has 2 saturated heterocycles. The molecule has 0 radical (unpaired) electrons. The molecule has 8 unspecified atom stereocenters. The predicted molar refractivity (Wildman–Crippen MR) is 58.9 cm³/mol. The van der Waals surface area contributed by atoms with E-state index in [0.29, 0.717) is 17.8 Å². The van der Waals surface area contributed by atoms with Gasteiger partial charge in [0.25, 0.3) is 0 Å². The van der Waals surface area contributed by atoms with Gasteiger partial charge in [-0.3, -0.25) is 0 Å². The molecule has 2 heteroatoms. The quantitative estimate of drug-likeness (QED) is 0.584. The first-order chi connectivity index (χ1) is 7.81. The number of fused-ring (bicyclic) bond motifs is 9. The third kappa shape index (κ3) is 0.770. The molecule has 0 amide bonds. The van der Waals surface area contributed by atoms with E-state index in [4.69, 9.17) is 9.47 Å². The Kier molecular flexibility index (Phi) is 1.40. The van der Waals surface area contributed by atoms with Crippen molar-refractivity contribution in [3.8, 4) is 0 Å². The lowest BCUT2D eigenvalue weighted by Gasteiger charge is -2.57. The molecule has 2 aliphatic heterocycles. The van der Waals surface area contributed by atoms with Crippen molar-refractivity contribution in [3.63, 3.8) is 0 Å². The third-order valence-corrected chi connectivity index (χ3v) is 6.62. The van der Waals surface area contributed by atoms with Crippen LogP contribution in [0.4, 0.5) is 0 Å². The Morgan fingerprint density at radius 3 is 2.62 bits per heavy atom. The summed E-state index contributed by atoms with van der Waals surface area (Å²) in [6.07, 6.45) is 6.96. The van der Waals surface area contributed by atoms with Gasteiger partial charge in [0.2, 0.25) is 0 Å². The number of rotatable bonds is 0. The molecule has 0 aromatic carbocycles. The second-order valence-corrected chi connectivity index (χ2v) is 6.85. The van der Waals surface area contributed by atoms with Crippen molar-refractivity contribution in [2.24, 2.45) is 29.6 Å². The van der Waals surface area contributed by atoms with Gasteiger partial charge in [0.15, 0.2) is 0 Å². The number of epoxide rings is 1. The highest BCUT2D eigenvalue weighted by molar-refractivity contribution is 5.20. The molecular weight excluding hydrogens is 200 g/mol. The van der Waals surface area contributed by atoms with E-state index in [2.05, 4.69) is 6.92 Å². The zero-order chi connectivity index (χ0) is 10.5. The maximum atomic E-state index is 6.15. The molecule has 8 atom stereocenters. The Morgan fingerprint density at radius 2 is 1.88 bits per heavy atom. The smallest absolute Gasteiger partial charge is 0.0876 e. The molecule has 2 nitrogen and oxygen atoms in total. The summed E-state index contributed by atoms with van der Waals surface area (Å²) in [7, 11) is 0. The molecule has 2 bridgehead atoms. The van der Waals surface area contributed by atoms with E-state index in [0.717, 1.165) is 36.2 Å². The summed E-state index contributed by atoms with van der Waals surface area (Å²) >= 11 is 0. The standard InChI is InChI=1S/C14H20O2/c1-7-2-3-8-9-6-10(13-12(9)16-13)11(8)14(7)4-5-15-14/h7-13H,2-6H2,1H3. The molecule has 88 valence electrons. The Labute approximate surface area is 96.7 Å². The van der Waals surface area contributed by atoms with Crippen LogP contribution in [0.25, 0.3) is 0 Å². The average Bonchev–Trinajstić information content (AvgIpc) is 2.84. The van der Waals surface area contributed by atoms with Crippen molar-refractivity contribution in [1.29, 1.82) is 0 Å². The van der Waals surface area contributed by atoms with Crippen molar-refractivity contribution in [1.82, 2.24) is 0 Å². The van der Waals surface area contributed by atoms with E-state index in [9.17, 15) is 0 Å². The third-order valence-electron chi connectivity index (χ3n) is 6.62. The van der Waals surface area contributed by atoms with Gasteiger partial charge in [-0.2, -0.15) is 0 Å². The number of hydrogen-bond donors (Lipinski definition) is 0. The van der Waals surface area contributed by atoms with Crippen LogP contribution >= 0.6 is 0 Å². The number of ether oxygens (including phenoxy) is 2. The fraction of sp³-hybridized carbons (Fsp3) is 1.00. The van der Waals surface area contributed by atoms with E-state index in [1.807, 2.05) is 0 Å². The Morgan fingerprint density at radius 1 is 1.06 bits per heavy atom. The van der Waals surface area contributed by atoms with Crippen LogP contribution in [0, 0.1) is 29.6 Å². The van der Waals surface area contributed by atoms with Gasteiger partial charge in [0.05, 0.1) is 24.4 Å². The molecule has 0 aromatic heterocycles. The van der Waals surface area contributed by atoms with E-state index in [1.54, 1.807) is 0 Å². The first-order valence-electron chi connectivity index (χ1n) is 7.11. The van der Waals surface area contributed by atoms with Crippen LogP contribution in [0.3, 0.4) is 0 Å². The van der Waals surface area contributed by atoms with Crippen LogP contribution in [0.1, 0.15) is 32.6 Å². The van der Waals surface area contributed by atoms with Gasteiger partial charge in [-0.25, -0.2) is 0 Å². The lowest BCUT2D eigenvalue weighted by Crippen LogP contribution is -2.61. The molecule has 0 N–H and O–H groups in total. The lowest BCUT2D eigenvalue weighted by molar-refractivity contribution is -0.243. The van der Waals surface area contributed by atoms with Gasteiger partial charge in [-0.1, -0.05) is 6.92 Å². The molecular formula is C14H20O2. The molecule has 3 aliphatic carbocycles. The summed E-state index contributed by atoms with van der Waals surface area (Å²) in [6, 6.07) is 0. The van der Waals surface area contributed by atoms with E-state index >= 15 is 0 Å². The summed E-state index contributed by atoms with van der Waals surface area (Å²) in [5.41, 5.74) is 0.291. The van der Waals surface area contributed by atoms with Crippen molar-refractivity contribution in [2.75, 3.05) is 6.61 Å². The Hall–Kier alpha value is -0.0800. The van der Waals surface area contributed by atoms with Gasteiger partial charge < -0.3 is 9.47 Å². The minimum Gasteiger partial charge on any atom is -0.374 e. The van der Waals surface area contributed by atoms with Crippen LogP contribution < -0.4 is 0 Å². The summed E-state index contributed by atoms with van der Waals surface area (Å²) < 4.78 is 12.0. The largest absolute Gasteiger partial charge is 0.374 e. The Balaban J connectivity index is 1.58. The van der Waals surface area contributed by atoms with Crippen LogP contribution in [0.15, 0.2) is 0 Å². The van der Waals surface area contributed by atoms with Crippen LogP contribution in [-0.4, -0.2) is 24.4 Å². The summed E-state index contributed by atoms with van der Waals surface area (Å²) in [6.45, 7) is 3.44. The molecule has 3 saturated carbocycles. The molecule has 5 rings (SSSR count). The van der Waals surface area contributed by atoms with Crippen LogP contribution in [-0.2, 0) is 9.47 Å². The van der Waals surface area contributed by atoms with E-state index < -0.39 is 0 Å². The zero-order valence-electron chi connectivity index (χ0n) is 9.89. The van der Waals surface area contributed by atoms with Gasteiger partial charge >= 0.3 is 0 Å². The first-order valence-corrected chi connectivity index (χ1v) is 7.11. The first kappa shape index (κ1) is 8.93. The second kappa shape index (κ2) is 2.51. The second-order valence-electron chi connectivity index (χ2n) is 6.85. The fourth-order valence-electron chi connectivity index (χ4n) is 5.88. The normalized spacial score (nSPS) is 69.9. The fourth-order valence-corrected chi connectivity index (χ4v) is 5.88. The minimum atomic E-state index is 0.291. The highest BCUT2D eigenvalue weighted by Crippen LogP contribution is 2.69. The van der Waals surface area contributed by atoms with Gasteiger partial charge in [0.1, 0.15) is 0 Å². The highest BCUT2D eigenvalue weighted by atomic mass is 16.6. The summed E-state index contributed by atoms with van der Waals surface area (Å²) in [4.78, 5) is 0. The van der Waals surface area contributed by atoms with Crippen LogP contribution in [0.2, 0.25) is 0 Å². The van der Waals surface area contributed by atoms with Crippen molar-refractivity contribution in [2.45, 2.75) is 50.4 Å². The minimum absolute atomic E-state index is 0.291. The average molecular weight is 220 g/mol. The molecule has 2 heterocycles. The Bertz CT molecular complexity index is 349. The lowest BCUT2D eigenvalue weighted by atomic mass is 9.57. The summed E-state index contributed by atoms with van der Waals surface area (Å²) in [5.74, 6) is 4.37. The van der Waals surface area contributed by atoms with Gasteiger partial charge in [-0.05, 0) is 48.9 Å². The van der Waals surface area contributed by atoms with Crippen molar-refractivity contribution in [3.05, 3.63) is 0 Å². The maximum absolute atomic E-state index is 6.15. The molecule has 1 spiro atoms. The molecule has 16 heavy (non-hydrogen) atoms.